The largest absolute Gasteiger partial charge is 0.484 e. The van der Waals surface area contributed by atoms with Crippen LogP contribution in [0.15, 0.2) is 119 Å². The Morgan fingerprint density at radius 3 is 2.14 bits per heavy atom. The van der Waals surface area contributed by atoms with E-state index in [2.05, 4.69) is 15.8 Å². The van der Waals surface area contributed by atoms with E-state index in [9.17, 15) is 18.0 Å². The lowest BCUT2D eigenvalue weighted by Gasteiger charge is -2.23. The molecule has 4 rings (SSSR count). The molecule has 2 N–H and O–H groups in total. The van der Waals surface area contributed by atoms with Gasteiger partial charge >= 0.3 is 0 Å². The highest BCUT2D eigenvalue weighted by Gasteiger charge is 2.27. The second kappa shape index (κ2) is 14.3. The number of ether oxygens (including phenoxy) is 1. The first kappa shape index (κ1) is 30.3. The number of sulfonamides is 1. The summed E-state index contributed by atoms with van der Waals surface area (Å²) in [5, 5.41) is 7.27. The average Bonchev–Trinajstić information content (AvgIpc) is 3.01. The van der Waals surface area contributed by atoms with E-state index in [1.807, 2.05) is 37.3 Å². The van der Waals surface area contributed by atoms with Gasteiger partial charge in [0.05, 0.1) is 22.8 Å². The van der Waals surface area contributed by atoms with Crippen molar-refractivity contribution >= 4 is 45.3 Å². The number of carbonyl (C=O) groups excluding carboxylic acids is 2. The number of nitrogens with zero attached hydrogens (tertiary/aromatic N) is 2. The minimum atomic E-state index is -4.04. The SMILES string of the molecule is C[C@H](NC(=O)COc1ccc(/C=N\NC(=O)CN(c2ccc(Cl)cc2)S(=O)(=O)c2ccccc2)cc1)c1ccccc1. The molecule has 9 nitrogen and oxygen atoms in total. The van der Waals surface area contributed by atoms with E-state index in [4.69, 9.17) is 16.3 Å². The molecule has 0 unspecified atom stereocenters. The number of nitrogens with one attached hydrogen (secondary N) is 2. The first-order valence-electron chi connectivity index (χ1n) is 12.9. The Morgan fingerprint density at radius 1 is 0.881 bits per heavy atom. The average molecular weight is 605 g/mol. The molecule has 0 aliphatic rings. The van der Waals surface area contributed by atoms with Crippen LogP contribution in [0.5, 0.6) is 5.75 Å². The van der Waals surface area contributed by atoms with Crippen LogP contribution in [0.25, 0.3) is 0 Å². The van der Waals surface area contributed by atoms with Gasteiger partial charge in [-0.25, -0.2) is 13.8 Å². The van der Waals surface area contributed by atoms with Gasteiger partial charge in [0.15, 0.2) is 6.61 Å². The van der Waals surface area contributed by atoms with E-state index >= 15 is 0 Å². The quantitative estimate of drug-likeness (QED) is 0.175. The molecule has 0 saturated heterocycles. The van der Waals surface area contributed by atoms with Crippen molar-refractivity contribution < 1.29 is 22.7 Å². The van der Waals surface area contributed by atoms with Crippen LogP contribution in [-0.2, 0) is 19.6 Å². The zero-order valence-electron chi connectivity index (χ0n) is 22.7. The maximum Gasteiger partial charge on any atom is 0.264 e. The number of carbonyl (C=O) groups is 2. The van der Waals surface area contributed by atoms with Crippen molar-refractivity contribution in [3.05, 3.63) is 125 Å². The summed E-state index contributed by atoms with van der Waals surface area (Å²) in [6.45, 7) is 1.25. The third-order valence-electron chi connectivity index (χ3n) is 6.06. The van der Waals surface area contributed by atoms with Crippen molar-refractivity contribution in [2.24, 2.45) is 5.10 Å². The zero-order chi connectivity index (χ0) is 30.0. The molecule has 0 spiro atoms. The number of rotatable bonds is 12. The van der Waals surface area contributed by atoms with Crippen LogP contribution in [0.2, 0.25) is 5.02 Å². The third-order valence-corrected chi connectivity index (χ3v) is 8.10. The first-order valence-corrected chi connectivity index (χ1v) is 14.8. The summed E-state index contributed by atoms with van der Waals surface area (Å²) in [6.07, 6.45) is 1.41. The Morgan fingerprint density at radius 2 is 1.50 bits per heavy atom. The van der Waals surface area contributed by atoms with Gasteiger partial charge in [-0.05, 0) is 78.7 Å². The highest BCUT2D eigenvalue weighted by atomic mass is 35.5. The Hall–Kier alpha value is -4.67. The fourth-order valence-electron chi connectivity index (χ4n) is 3.89. The van der Waals surface area contributed by atoms with Gasteiger partial charge in [0.2, 0.25) is 0 Å². The highest BCUT2D eigenvalue weighted by Crippen LogP contribution is 2.25. The van der Waals surface area contributed by atoms with E-state index < -0.39 is 22.5 Å². The predicted octanol–water partition coefficient (Wildman–Crippen LogP) is 4.94. The molecule has 0 aliphatic carbocycles. The van der Waals surface area contributed by atoms with Crippen molar-refractivity contribution in [1.82, 2.24) is 10.7 Å². The molecule has 42 heavy (non-hydrogen) atoms. The predicted molar refractivity (Wildman–Crippen MR) is 163 cm³/mol. The maximum atomic E-state index is 13.3. The van der Waals surface area contributed by atoms with Gasteiger partial charge in [-0.1, -0.05) is 60.1 Å². The lowest BCUT2D eigenvalue weighted by atomic mass is 10.1. The summed E-state index contributed by atoms with van der Waals surface area (Å²) in [5.74, 6) is -0.401. The first-order chi connectivity index (χ1) is 20.2. The van der Waals surface area contributed by atoms with Crippen molar-refractivity contribution in [3.8, 4) is 5.75 Å². The van der Waals surface area contributed by atoms with Gasteiger partial charge < -0.3 is 10.1 Å². The molecule has 0 heterocycles. The number of hydrazone groups is 1. The van der Waals surface area contributed by atoms with Crippen molar-refractivity contribution in [2.75, 3.05) is 17.5 Å². The van der Waals surface area contributed by atoms with Gasteiger partial charge in [0, 0.05) is 5.02 Å². The summed E-state index contributed by atoms with van der Waals surface area (Å²) in [7, 11) is -4.04. The number of hydrogen-bond acceptors (Lipinski definition) is 6. The number of halogens is 1. The van der Waals surface area contributed by atoms with Crippen LogP contribution < -0.4 is 19.8 Å². The van der Waals surface area contributed by atoms with Gasteiger partial charge in [-0.15, -0.1) is 0 Å². The molecule has 0 saturated carbocycles. The smallest absolute Gasteiger partial charge is 0.264 e. The van der Waals surface area contributed by atoms with E-state index in [-0.39, 0.29) is 29.1 Å². The van der Waals surface area contributed by atoms with Crippen molar-refractivity contribution in [3.63, 3.8) is 0 Å². The Bertz CT molecular complexity index is 1620. The Labute approximate surface area is 249 Å². The van der Waals surface area contributed by atoms with E-state index in [0.29, 0.717) is 16.3 Å². The van der Waals surface area contributed by atoms with Crippen LogP contribution in [0.1, 0.15) is 24.1 Å². The van der Waals surface area contributed by atoms with Crippen LogP contribution in [-0.4, -0.2) is 39.6 Å². The van der Waals surface area contributed by atoms with Gasteiger partial charge in [-0.2, -0.15) is 5.10 Å². The van der Waals surface area contributed by atoms with Gasteiger partial charge in [0.25, 0.3) is 21.8 Å². The van der Waals surface area contributed by atoms with Crippen molar-refractivity contribution in [1.29, 1.82) is 0 Å². The molecule has 0 bridgehead atoms. The molecule has 4 aromatic rings. The molecule has 1 atom stereocenters. The summed E-state index contributed by atoms with van der Waals surface area (Å²) < 4.78 is 33.2. The number of benzene rings is 4. The zero-order valence-corrected chi connectivity index (χ0v) is 24.3. The second-order valence-electron chi connectivity index (χ2n) is 9.15. The fraction of sp³-hybridized carbons (Fsp3) is 0.129. The van der Waals surface area contributed by atoms with Crippen LogP contribution >= 0.6 is 11.6 Å². The molecular formula is C31H29ClN4O5S. The summed E-state index contributed by atoms with van der Waals surface area (Å²) in [4.78, 5) is 25.0. The van der Waals surface area contributed by atoms with Crippen LogP contribution in [0.3, 0.4) is 0 Å². The maximum absolute atomic E-state index is 13.3. The van der Waals surface area contributed by atoms with Gasteiger partial charge in [-0.3, -0.25) is 13.9 Å². The van der Waals surface area contributed by atoms with E-state index in [0.717, 1.165) is 9.87 Å². The van der Waals surface area contributed by atoms with Crippen molar-refractivity contribution in [2.45, 2.75) is 17.9 Å². The molecule has 11 heteroatoms. The molecule has 216 valence electrons. The molecule has 0 aromatic heterocycles. The Kier molecular flexibility index (Phi) is 10.3. The van der Waals surface area contributed by atoms with E-state index in [1.54, 1.807) is 54.6 Å². The van der Waals surface area contributed by atoms with Gasteiger partial charge in [0.1, 0.15) is 12.3 Å². The topological polar surface area (TPSA) is 117 Å². The number of anilines is 1. The Balaban J connectivity index is 1.32. The van der Waals surface area contributed by atoms with Crippen LogP contribution in [0, 0.1) is 0 Å². The molecule has 0 radical (unpaired) electrons. The molecule has 2 amide bonds. The minimum Gasteiger partial charge on any atom is -0.484 e. The number of amides is 2. The molecular weight excluding hydrogens is 576 g/mol. The summed E-state index contributed by atoms with van der Waals surface area (Å²) >= 11 is 5.97. The molecule has 0 aliphatic heterocycles. The minimum absolute atomic E-state index is 0.0433. The highest BCUT2D eigenvalue weighted by molar-refractivity contribution is 7.92. The van der Waals surface area contributed by atoms with E-state index in [1.165, 1.54) is 30.5 Å². The second-order valence-corrected chi connectivity index (χ2v) is 11.5. The lowest BCUT2D eigenvalue weighted by molar-refractivity contribution is -0.123. The lowest BCUT2D eigenvalue weighted by Crippen LogP contribution is -2.39. The third kappa shape index (κ3) is 8.42. The normalized spacial score (nSPS) is 12.0. The molecule has 0 fully saturated rings. The standard InChI is InChI=1S/C31H29ClN4O5S/c1-23(25-8-4-2-5-9-25)34-31(38)22-41-28-18-12-24(13-19-28)20-33-35-30(37)21-36(27-16-14-26(32)15-17-27)42(39,40)29-10-6-3-7-11-29/h2-20,23H,21-22H2,1H3,(H,34,38)(H,35,37)/b33-20-/t23-/m0/s1. The monoisotopic (exact) mass is 604 g/mol. The molecule has 4 aromatic carbocycles. The summed E-state index contributed by atoms with van der Waals surface area (Å²) in [5.41, 5.74) is 4.29. The number of hydrogen-bond donors (Lipinski definition) is 2. The summed E-state index contributed by atoms with van der Waals surface area (Å²) in [6, 6.07) is 30.2. The van der Waals surface area contributed by atoms with Crippen LogP contribution in [0.4, 0.5) is 5.69 Å². The fourth-order valence-corrected chi connectivity index (χ4v) is 5.46.